The van der Waals surface area contributed by atoms with Gasteiger partial charge in [0.15, 0.2) is 0 Å². The van der Waals surface area contributed by atoms with Gasteiger partial charge in [-0.05, 0) is 75.3 Å². The minimum Gasteiger partial charge on any atom is -0.463 e. The number of carbonyl (C=O) groups is 2. The Kier molecular flexibility index (Phi) is 7.29. The maximum absolute atomic E-state index is 13.9. The van der Waals surface area contributed by atoms with Crippen molar-refractivity contribution in [3.8, 4) is 11.5 Å². The Hall–Kier alpha value is -2.54. The molecule has 1 saturated carbocycles. The molecule has 4 heterocycles. The highest BCUT2D eigenvalue weighted by Crippen LogP contribution is 2.34. The van der Waals surface area contributed by atoms with Crippen LogP contribution in [-0.2, 0) is 11.3 Å². The van der Waals surface area contributed by atoms with E-state index < -0.39 is 5.54 Å². The van der Waals surface area contributed by atoms with Crippen molar-refractivity contribution in [1.82, 2.24) is 19.7 Å². The molecule has 3 atom stereocenters. The number of nitrogens with one attached hydrogen (secondary N) is 1. The molecule has 196 valence electrons. The monoisotopic (exact) mass is 494 g/mol. The lowest BCUT2D eigenvalue weighted by molar-refractivity contribution is -0.133. The number of carbonyl (C=O) groups excluding carboxylic acids is 2. The van der Waals surface area contributed by atoms with Crippen LogP contribution in [0.2, 0.25) is 0 Å². The van der Waals surface area contributed by atoms with E-state index in [9.17, 15) is 9.59 Å². The molecule has 2 aliphatic heterocycles. The second-order valence-electron chi connectivity index (χ2n) is 11.8. The number of furan rings is 1. The van der Waals surface area contributed by atoms with Crippen molar-refractivity contribution in [1.29, 1.82) is 0 Å². The first-order chi connectivity index (χ1) is 17.3. The highest BCUT2D eigenvalue weighted by molar-refractivity contribution is 6.00. The molecule has 2 amide bonds. The Labute approximate surface area is 215 Å². The third-order valence-corrected chi connectivity index (χ3v) is 8.51. The van der Waals surface area contributed by atoms with Gasteiger partial charge in [-0.15, -0.1) is 0 Å². The van der Waals surface area contributed by atoms with Gasteiger partial charge in [0.1, 0.15) is 17.0 Å². The minimum atomic E-state index is -0.954. The van der Waals surface area contributed by atoms with Crippen LogP contribution in [0.4, 0.5) is 0 Å². The summed E-state index contributed by atoms with van der Waals surface area (Å²) in [6.45, 7) is 10.8. The molecule has 0 unspecified atom stereocenters. The van der Waals surface area contributed by atoms with E-state index >= 15 is 0 Å². The van der Waals surface area contributed by atoms with Crippen LogP contribution in [0.5, 0.6) is 0 Å². The van der Waals surface area contributed by atoms with Crippen molar-refractivity contribution < 1.29 is 14.0 Å². The van der Waals surface area contributed by atoms with Crippen molar-refractivity contribution in [3.05, 3.63) is 36.2 Å². The molecule has 0 radical (unpaired) electrons. The Balaban J connectivity index is 1.37. The first kappa shape index (κ1) is 25.1. The van der Waals surface area contributed by atoms with Crippen LogP contribution >= 0.6 is 0 Å². The second kappa shape index (κ2) is 10.4. The average molecular weight is 495 g/mol. The molecular formula is C29H42N4O3. The van der Waals surface area contributed by atoms with Gasteiger partial charge in [-0.1, -0.05) is 33.1 Å². The van der Waals surface area contributed by atoms with Crippen molar-refractivity contribution in [3.63, 3.8) is 0 Å². The van der Waals surface area contributed by atoms with Crippen LogP contribution in [0, 0.1) is 11.8 Å². The normalized spacial score (nSPS) is 27.8. The predicted octanol–water partition coefficient (Wildman–Crippen LogP) is 4.78. The molecule has 3 aliphatic rings. The molecule has 2 aromatic heterocycles. The summed E-state index contributed by atoms with van der Waals surface area (Å²) >= 11 is 0. The summed E-state index contributed by atoms with van der Waals surface area (Å²) in [5.41, 5.74) is 0.519. The van der Waals surface area contributed by atoms with E-state index in [4.69, 9.17) is 4.42 Å². The maximum atomic E-state index is 13.9. The fourth-order valence-corrected chi connectivity index (χ4v) is 6.78. The first-order valence-corrected chi connectivity index (χ1v) is 13.9. The van der Waals surface area contributed by atoms with Crippen molar-refractivity contribution in [2.75, 3.05) is 26.2 Å². The van der Waals surface area contributed by atoms with Gasteiger partial charge < -0.3 is 24.1 Å². The Morgan fingerprint density at radius 2 is 1.78 bits per heavy atom. The number of likely N-dealkylation sites (tertiary alicyclic amines) is 1. The number of hydrogen-bond acceptors (Lipinski definition) is 4. The number of aromatic nitrogens is 1. The van der Waals surface area contributed by atoms with Crippen molar-refractivity contribution >= 4 is 11.8 Å². The van der Waals surface area contributed by atoms with Crippen LogP contribution in [0.15, 0.2) is 34.9 Å². The molecule has 0 spiro atoms. The van der Waals surface area contributed by atoms with Gasteiger partial charge in [0.2, 0.25) is 5.91 Å². The van der Waals surface area contributed by atoms with E-state index in [0.29, 0.717) is 36.4 Å². The highest BCUT2D eigenvalue weighted by atomic mass is 16.3. The van der Waals surface area contributed by atoms with Crippen LogP contribution in [0.1, 0.15) is 76.2 Å². The van der Waals surface area contributed by atoms with E-state index in [0.717, 1.165) is 57.4 Å². The van der Waals surface area contributed by atoms with Gasteiger partial charge in [0.25, 0.3) is 5.91 Å². The SMILES string of the molecule is C[C@@H]1C[C@H](C)CN(CCCN2C(=O)c3ccc(-c4ccco4)n3C[C@]2(C)C(=O)NC2CCCCC2)C1. The molecule has 7 nitrogen and oxygen atoms in total. The fraction of sp³-hybridized carbons (Fsp3) is 0.655. The van der Waals surface area contributed by atoms with Gasteiger partial charge >= 0.3 is 0 Å². The number of nitrogens with zero attached hydrogens (tertiary/aromatic N) is 3. The molecule has 1 N–H and O–H groups in total. The van der Waals surface area contributed by atoms with Crippen molar-refractivity contribution in [2.24, 2.45) is 11.8 Å². The zero-order valence-electron chi connectivity index (χ0n) is 22.2. The second-order valence-corrected chi connectivity index (χ2v) is 11.8. The molecule has 36 heavy (non-hydrogen) atoms. The van der Waals surface area contributed by atoms with Gasteiger partial charge in [-0.3, -0.25) is 9.59 Å². The summed E-state index contributed by atoms with van der Waals surface area (Å²) in [7, 11) is 0. The molecule has 1 aliphatic carbocycles. The summed E-state index contributed by atoms with van der Waals surface area (Å²) in [6, 6.07) is 7.76. The Bertz CT molecular complexity index is 1040. The number of rotatable bonds is 7. The molecule has 2 aromatic rings. The molecule has 1 saturated heterocycles. The molecule has 2 fully saturated rings. The summed E-state index contributed by atoms with van der Waals surface area (Å²) in [5, 5.41) is 3.33. The summed E-state index contributed by atoms with van der Waals surface area (Å²) in [5.74, 6) is 2.03. The number of hydrogen-bond donors (Lipinski definition) is 1. The molecular weight excluding hydrogens is 452 g/mol. The lowest BCUT2D eigenvalue weighted by Gasteiger charge is -2.45. The van der Waals surface area contributed by atoms with E-state index in [1.54, 1.807) is 6.26 Å². The van der Waals surface area contributed by atoms with Crippen LogP contribution in [-0.4, -0.2) is 63.9 Å². The smallest absolute Gasteiger partial charge is 0.271 e. The molecule has 0 aromatic carbocycles. The lowest BCUT2D eigenvalue weighted by Crippen LogP contribution is -2.65. The van der Waals surface area contributed by atoms with Gasteiger partial charge in [-0.25, -0.2) is 0 Å². The maximum Gasteiger partial charge on any atom is 0.271 e. The fourth-order valence-electron chi connectivity index (χ4n) is 6.78. The van der Waals surface area contributed by atoms with Crippen molar-refractivity contribution in [2.45, 2.75) is 83.8 Å². The number of piperidine rings is 1. The summed E-state index contributed by atoms with van der Waals surface area (Å²) < 4.78 is 7.63. The molecule has 5 rings (SSSR count). The molecule has 7 heteroatoms. The lowest BCUT2D eigenvalue weighted by atomic mass is 9.91. The molecule has 0 bridgehead atoms. The van der Waals surface area contributed by atoms with Crippen LogP contribution < -0.4 is 5.32 Å². The third-order valence-electron chi connectivity index (χ3n) is 8.51. The number of fused-ring (bicyclic) bond motifs is 1. The van der Waals surface area contributed by atoms with Crippen LogP contribution in [0.25, 0.3) is 11.5 Å². The van der Waals surface area contributed by atoms with Crippen LogP contribution in [0.3, 0.4) is 0 Å². The quantitative estimate of drug-likeness (QED) is 0.601. The minimum absolute atomic E-state index is 0.0345. The standard InChI is InChI=1S/C29H42N4O3/c1-21-17-22(2)19-31(18-21)14-8-15-33-27(34)25-13-12-24(26-11-7-16-36-26)32(25)20-29(33,3)28(35)30-23-9-5-4-6-10-23/h7,11-13,16,21-23H,4-6,8-10,14-15,17-20H2,1-3H3,(H,30,35)/t21-,22+,29-/m1/s1. The van der Waals surface area contributed by atoms with Gasteiger partial charge in [-0.2, -0.15) is 0 Å². The zero-order valence-corrected chi connectivity index (χ0v) is 22.2. The largest absolute Gasteiger partial charge is 0.463 e. The first-order valence-electron chi connectivity index (χ1n) is 13.9. The average Bonchev–Trinajstić information content (AvgIpc) is 3.51. The van der Waals surface area contributed by atoms with Gasteiger partial charge in [0, 0.05) is 25.7 Å². The third kappa shape index (κ3) is 4.99. The Morgan fingerprint density at radius 1 is 1.06 bits per heavy atom. The number of amides is 2. The van der Waals surface area contributed by atoms with E-state index in [2.05, 4.69) is 24.1 Å². The van der Waals surface area contributed by atoms with Gasteiger partial charge in [0.05, 0.1) is 18.5 Å². The topological polar surface area (TPSA) is 70.7 Å². The summed E-state index contributed by atoms with van der Waals surface area (Å²) in [6.07, 6.45) is 9.38. The van der Waals surface area contributed by atoms with E-state index in [1.807, 2.05) is 40.7 Å². The Morgan fingerprint density at radius 3 is 2.47 bits per heavy atom. The zero-order chi connectivity index (χ0) is 25.3. The predicted molar refractivity (Wildman–Crippen MR) is 141 cm³/mol. The van der Waals surface area contributed by atoms with E-state index in [1.165, 1.54) is 12.8 Å². The van der Waals surface area contributed by atoms with E-state index in [-0.39, 0.29) is 17.9 Å². The summed E-state index contributed by atoms with van der Waals surface area (Å²) in [4.78, 5) is 32.1. The highest BCUT2D eigenvalue weighted by Gasteiger charge is 2.48.